The molecule has 4 rings (SSSR count). The second kappa shape index (κ2) is 8.27. The van der Waals surface area contributed by atoms with E-state index in [-0.39, 0.29) is 0 Å². The molecule has 26 heavy (non-hydrogen) atoms. The highest BCUT2D eigenvalue weighted by molar-refractivity contribution is 9.10. The maximum atomic E-state index is 5.83. The lowest BCUT2D eigenvalue weighted by Gasteiger charge is -2.10. The number of aromatic nitrogens is 3. The third kappa shape index (κ3) is 4.48. The third-order valence-corrected chi connectivity index (χ3v) is 5.68. The van der Waals surface area contributed by atoms with Gasteiger partial charge in [-0.05, 0) is 36.6 Å². The summed E-state index contributed by atoms with van der Waals surface area (Å²) in [5, 5.41) is 9.89. The van der Waals surface area contributed by atoms with Gasteiger partial charge in [-0.2, -0.15) is 0 Å². The molecule has 0 bridgehead atoms. The summed E-state index contributed by atoms with van der Waals surface area (Å²) in [5.41, 5.74) is 1.28. The van der Waals surface area contributed by atoms with Crippen molar-refractivity contribution < 1.29 is 4.74 Å². The Bertz CT molecular complexity index is 865. The zero-order valence-corrected chi connectivity index (χ0v) is 16.7. The van der Waals surface area contributed by atoms with Crippen LogP contribution in [0.15, 0.2) is 64.2 Å². The van der Waals surface area contributed by atoms with Crippen molar-refractivity contribution in [3.63, 3.8) is 0 Å². The normalized spacial score (nSPS) is 13.7. The summed E-state index contributed by atoms with van der Waals surface area (Å²) in [4.78, 5) is 0. The van der Waals surface area contributed by atoms with Crippen molar-refractivity contribution in [1.82, 2.24) is 14.8 Å². The minimum absolute atomic E-state index is 0.582. The first-order chi connectivity index (χ1) is 12.8. The Hall–Kier alpha value is -1.79. The van der Waals surface area contributed by atoms with Gasteiger partial charge in [-0.1, -0.05) is 64.1 Å². The topological polar surface area (TPSA) is 39.9 Å². The molecule has 0 amide bonds. The Morgan fingerprint density at radius 2 is 1.92 bits per heavy atom. The van der Waals surface area contributed by atoms with Gasteiger partial charge in [0.15, 0.2) is 5.16 Å². The molecule has 1 heterocycles. The fraction of sp³-hybridized carbons (Fsp3) is 0.300. The molecule has 1 aliphatic rings. The van der Waals surface area contributed by atoms with Crippen LogP contribution in [0.25, 0.3) is 0 Å². The standard InChI is InChI=1S/C20H20BrN3OS/c21-17-7-4-8-18(13-17)25-11-12-26-20-23-22-19(16-9-10-16)24(20)14-15-5-2-1-3-6-15/h1-8,13,16H,9-12,14H2. The first kappa shape index (κ1) is 17.6. The summed E-state index contributed by atoms with van der Waals surface area (Å²) in [6.07, 6.45) is 2.45. The van der Waals surface area contributed by atoms with E-state index in [1.165, 1.54) is 18.4 Å². The van der Waals surface area contributed by atoms with E-state index < -0.39 is 0 Å². The third-order valence-electron chi connectivity index (χ3n) is 4.25. The summed E-state index contributed by atoms with van der Waals surface area (Å²) < 4.78 is 9.13. The monoisotopic (exact) mass is 429 g/mol. The first-order valence-electron chi connectivity index (χ1n) is 8.78. The number of benzene rings is 2. The van der Waals surface area contributed by atoms with Gasteiger partial charge in [0.2, 0.25) is 0 Å². The lowest BCUT2D eigenvalue weighted by Crippen LogP contribution is -2.07. The minimum Gasteiger partial charge on any atom is -0.493 e. The Balaban J connectivity index is 1.39. The van der Waals surface area contributed by atoms with E-state index in [1.807, 2.05) is 30.3 Å². The van der Waals surface area contributed by atoms with Gasteiger partial charge < -0.3 is 9.30 Å². The zero-order chi connectivity index (χ0) is 17.8. The van der Waals surface area contributed by atoms with Crippen LogP contribution in [-0.4, -0.2) is 27.1 Å². The summed E-state index contributed by atoms with van der Waals surface area (Å²) in [6.45, 7) is 1.46. The van der Waals surface area contributed by atoms with Crippen molar-refractivity contribution in [2.45, 2.75) is 30.5 Å². The predicted molar refractivity (Wildman–Crippen MR) is 108 cm³/mol. The molecular formula is C20H20BrN3OS. The Kier molecular flexibility index (Phi) is 5.60. The average Bonchev–Trinajstić information content (AvgIpc) is 3.42. The molecule has 1 aromatic heterocycles. The molecule has 0 aliphatic heterocycles. The highest BCUT2D eigenvalue weighted by Crippen LogP contribution is 2.40. The van der Waals surface area contributed by atoms with Crippen molar-refractivity contribution in [3.05, 3.63) is 70.5 Å². The molecule has 0 saturated heterocycles. The van der Waals surface area contributed by atoms with Gasteiger partial charge in [-0.15, -0.1) is 10.2 Å². The molecule has 1 saturated carbocycles. The van der Waals surface area contributed by atoms with Crippen LogP contribution in [0.1, 0.15) is 30.1 Å². The van der Waals surface area contributed by atoms with Gasteiger partial charge >= 0.3 is 0 Å². The molecule has 0 spiro atoms. The molecule has 6 heteroatoms. The average molecular weight is 430 g/mol. The van der Waals surface area contributed by atoms with Gasteiger partial charge in [0.1, 0.15) is 11.6 Å². The summed E-state index contributed by atoms with van der Waals surface area (Å²) in [7, 11) is 0. The highest BCUT2D eigenvalue weighted by atomic mass is 79.9. The molecule has 2 aromatic carbocycles. The number of ether oxygens (including phenoxy) is 1. The highest BCUT2D eigenvalue weighted by Gasteiger charge is 2.30. The molecule has 3 aromatic rings. The number of thioether (sulfide) groups is 1. The summed E-state index contributed by atoms with van der Waals surface area (Å²) in [5.74, 6) is 3.43. The van der Waals surface area contributed by atoms with Crippen molar-refractivity contribution in [2.75, 3.05) is 12.4 Å². The van der Waals surface area contributed by atoms with Crippen molar-refractivity contribution in [2.24, 2.45) is 0 Å². The van der Waals surface area contributed by atoms with Crippen LogP contribution >= 0.6 is 27.7 Å². The van der Waals surface area contributed by atoms with E-state index in [0.29, 0.717) is 12.5 Å². The van der Waals surface area contributed by atoms with E-state index >= 15 is 0 Å². The van der Waals surface area contributed by atoms with Gasteiger partial charge in [-0.25, -0.2) is 0 Å². The summed E-state index contributed by atoms with van der Waals surface area (Å²) in [6, 6.07) is 18.4. The molecule has 0 unspecified atom stereocenters. The molecule has 0 atom stereocenters. The minimum atomic E-state index is 0.582. The van der Waals surface area contributed by atoms with Crippen molar-refractivity contribution >= 4 is 27.7 Å². The number of hydrogen-bond acceptors (Lipinski definition) is 4. The van der Waals surface area contributed by atoms with Gasteiger partial charge in [0, 0.05) is 16.1 Å². The predicted octanol–water partition coefficient (Wildman–Crippen LogP) is 5.14. The molecule has 1 aliphatic carbocycles. The molecule has 4 nitrogen and oxygen atoms in total. The number of hydrogen-bond donors (Lipinski definition) is 0. The van der Waals surface area contributed by atoms with Crippen LogP contribution in [0.3, 0.4) is 0 Å². The molecule has 134 valence electrons. The smallest absolute Gasteiger partial charge is 0.191 e. The molecule has 0 radical (unpaired) electrons. The van der Waals surface area contributed by atoms with Crippen LogP contribution < -0.4 is 4.74 Å². The van der Waals surface area contributed by atoms with Crippen LogP contribution in [0.4, 0.5) is 0 Å². The lowest BCUT2D eigenvalue weighted by atomic mass is 10.2. The van der Waals surface area contributed by atoms with Crippen molar-refractivity contribution in [3.8, 4) is 5.75 Å². The second-order valence-corrected chi connectivity index (χ2v) is 8.32. The maximum Gasteiger partial charge on any atom is 0.191 e. The second-order valence-electron chi connectivity index (χ2n) is 6.34. The number of halogens is 1. The quantitative estimate of drug-likeness (QED) is 0.367. The van der Waals surface area contributed by atoms with Gasteiger partial charge in [0.25, 0.3) is 0 Å². The number of rotatable bonds is 8. The fourth-order valence-electron chi connectivity index (χ4n) is 2.81. The Labute approximate surface area is 166 Å². The van der Waals surface area contributed by atoms with E-state index in [2.05, 4.69) is 55.0 Å². The van der Waals surface area contributed by atoms with Crippen LogP contribution in [0.2, 0.25) is 0 Å². The largest absolute Gasteiger partial charge is 0.493 e. The van der Waals surface area contributed by atoms with Crippen LogP contribution in [-0.2, 0) is 6.54 Å². The number of nitrogens with zero attached hydrogens (tertiary/aromatic N) is 3. The lowest BCUT2D eigenvalue weighted by molar-refractivity contribution is 0.343. The van der Waals surface area contributed by atoms with E-state index in [0.717, 1.165) is 33.5 Å². The first-order valence-corrected chi connectivity index (χ1v) is 10.6. The molecular weight excluding hydrogens is 410 g/mol. The van der Waals surface area contributed by atoms with E-state index in [4.69, 9.17) is 4.74 Å². The molecule has 0 N–H and O–H groups in total. The van der Waals surface area contributed by atoms with Crippen LogP contribution in [0.5, 0.6) is 5.75 Å². The van der Waals surface area contributed by atoms with Gasteiger partial charge in [-0.3, -0.25) is 0 Å². The van der Waals surface area contributed by atoms with Gasteiger partial charge in [0.05, 0.1) is 13.2 Å². The Morgan fingerprint density at radius 1 is 1.08 bits per heavy atom. The Morgan fingerprint density at radius 3 is 2.69 bits per heavy atom. The summed E-state index contributed by atoms with van der Waals surface area (Å²) >= 11 is 5.17. The zero-order valence-electron chi connectivity index (χ0n) is 14.3. The van der Waals surface area contributed by atoms with E-state index in [9.17, 15) is 0 Å². The van der Waals surface area contributed by atoms with Crippen LogP contribution in [0, 0.1) is 0 Å². The maximum absolute atomic E-state index is 5.83. The fourth-order valence-corrected chi connectivity index (χ4v) is 3.95. The molecule has 1 fully saturated rings. The van der Waals surface area contributed by atoms with Crippen molar-refractivity contribution in [1.29, 1.82) is 0 Å². The SMILES string of the molecule is Brc1cccc(OCCSc2nnc(C3CC3)n2Cc2ccccc2)c1. The van der Waals surface area contributed by atoms with E-state index in [1.54, 1.807) is 11.8 Å².